The summed E-state index contributed by atoms with van der Waals surface area (Å²) < 4.78 is 5.52. The molecule has 1 N–H and O–H groups in total. The van der Waals surface area contributed by atoms with E-state index in [0.717, 1.165) is 16.5 Å². The molecule has 2 rings (SSSR count). The van der Waals surface area contributed by atoms with Gasteiger partial charge in [-0.05, 0) is 33.0 Å². The van der Waals surface area contributed by atoms with Crippen molar-refractivity contribution >= 4 is 11.3 Å². The van der Waals surface area contributed by atoms with E-state index in [2.05, 4.69) is 17.2 Å². The molecule has 0 bridgehead atoms. The first-order chi connectivity index (χ1) is 7.20. The van der Waals surface area contributed by atoms with E-state index in [0.29, 0.717) is 6.04 Å². The SMILES string of the molecule is CNC(C)c1cnc(-c2ccc(C)o2)s1. The maximum absolute atomic E-state index is 5.52. The molecule has 80 valence electrons. The molecule has 0 aliphatic rings. The zero-order chi connectivity index (χ0) is 10.8. The van der Waals surface area contributed by atoms with Gasteiger partial charge in [0, 0.05) is 17.1 Å². The van der Waals surface area contributed by atoms with E-state index in [1.165, 1.54) is 4.88 Å². The van der Waals surface area contributed by atoms with Crippen molar-refractivity contribution in [2.45, 2.75) is 19.9 Å². The van der Waals surface area contributed by atoms with Crippen molar-refractivity contribution in [1.29, 1.82) is 0 Å². The fourth-order valence-electron chi connectivity index (χ4n) is 1.29. The van der Waals surface area contributed by atoms with Gasteiger partial charge < -0.3 is 9.73 Å². The molecule has 0 aliphatic heterocycles. The van der Waals surface area contributed by atoms with Gasteiger partial charge >= 0.3 is 0 Å². The van der Waals surface area contributed by atoms with Gasteiger partial charge in [0.2, 0.25) is 0 Å². The Balaban J connectivity index is 2.27. The highest BCUT2D eigenvalue weighted by Gasteiger charge is 2.11. The van der Waals surface area contributed by atoms with Crippen LogP contribution in [0.4, 0.5) is 0 Å². The molecular weight excluding hydrogens is 208 g/mol. The molecule has 1 atom stereocenters. The van der Waals surface area contributed by atoms with Gasteiger partial charge in [0.05, 0.1) is 0 Å². The van der Waals surface area contributed by atoms with Gasteiger partial charge in [0.25, 0.3) is 0 Å². The average molecular weight is 222 g/mol. The standard InChI is InChI=1S/C11H14N2OS/c1-7-4-5-9(14-7)11-13-6-10(15-11)8(2)12-3/h4-6,8,12H,1-3H3. The van der Waals surface area contributed by atoms with Crippen LogP contribution in [0.5, 0.6) is 0 Å². The molecule has 1 unspecified atom stereocenters. The minimum atomic E-state index is 0.340. The summed E-state index contributed by atoms with van der Waals surface area (Å²) in [6, 6.07) is 4.26. The van der Waals surface area contributed by atoms with Gasteiger partial charge in [-0.15, -0.1) is 11.3 Å². The number of nitrogens with one attached hydrogen (secondary N) is 1. The van der Waals surface area contributed by atoms with Gasteiger partial charge in [-0.3, -0.25) is 0 Å². The van der Waals surface area contributed by atoms with Crippen molar-refractivity contribution in [3.8, 4) is 10.8 Å². The van der Waals surface area contributed by atoms with E-state index in [1.54, 1.807) is 11.3 Å². The molecule has 2 aromatic heterocycles. The average Bonchev–Trinajstić information content (AvgIpc) is 2.84. The van der Waals surface area contributed by atoms with E-state index in [4.69, 9.17) is 4.42 Å². The first-order valence-corrected chi connectivity index (χ1v) is 5.72. The van der Waals surface area contributed by atoms with Crippen LogP contribution in [0.15, 0.2) is 22.7 Å². The molecule has 2 heterocycles. The van der Waals surface area contributed by atoms with E-state index >= 15 is 0 Å². The molecule has 0 aliphatic carbocycles. The van der Waals surface area contributed by atoms with Gasteiger partial charge in [-0.2, -0.15) is 0 Å². The second-order valence-corrected chi connectivity index (χ2v) is 4.55. The molecule has 2 aromatic rings. The molecule has 3 nitrogen and oxygen atoms in total. The Morgan fingerprint density at radius 1 is 1.47 bits per heavy atom. The third-order valence-electron chi connectivity index (χ3n) is 2.33. The number of hydrogen-bond donors (Lipinski definition) is 1. The highest BCUT2D eigenvalue weighted by atomic mass is 32.1. The lowest BCUT2D eigenvalue weighted by Crippen LogP contribution is -2.10. The molecular formula is C11H14N2OS. The number of thiazole rings is 1. The molecule has 0 amide bonds. The lowest BCUT2D eigenvalue weighted by molar-refractivity contribution is 0.548. The topological polar surface area (TPSA) is 38.1 Å². The summed E-state index contributed by atoms with van der Waals surface area (Å²) in [5.74, 6) is 1.77. The predicted octanol–water partition coefficient (Wildman–Crippen LogP) is 2.99. The van der Waals surface area contributed by atoms with Gasteiger partial charge in [0.15, 0.2) is 10.8 Å². The molecule has 0 saturated heterocycles. The summed E-state index contributed by atoms with van der Waals surface area (Å²) in [7, 11) is 1.95. The van der Waals surface area contributed by atoms with Crippen molar-refractivity contribution in [2.75, 3.05) is 7.05 Å². The van der Waals surface area contributed by atoms with Crippen molar-refractivity contribution < 1.29 is 4.42 Å². The van der Waals surface area contributed by atoms with Gasteiger partial charge in [-0.25, -0.2) is 4.98 Å². The Kier molecular flexibility index (Phi) is 2.88. The molecule has 15 heavy (non-hydrogen) atoms. The van der Waals surface area contributed by atoms with Gasteiger partial charge in [-0.1, -0.05) is 0 Å². The highest BCUT2D eigenvalue weighted by molar-refractivity contribution is 7.15. The fourth-order valence-corrected chi connectivity index (χ4v) is 2.23. The molecule has 0 aromatic carbocycles. The van der Waals surface area contributed by atoms with E-state index < -0.39 is 0 Å². The van der Waals surface area contributed by atoms with Crippen molar-refractivity contribution in [3.63, 3.8) is 0 Å². The van der Waals surface area contributed by atoms with Crippen LogP contribution < -0.4 is 5.32 Å². The summed E-state index contributed by atoms with van der Waals surface area (Å²) in [4.78, 5) is 5.58. The normalized spacial score (nSPS) is 13.0. The van der Waals surface area contributed by atoms with Crippen molar-refractivity contribution in [2.24, 2.45) is 0 Å². The van der Waals surface area contributed by atoms with E-state index in [9.17, 15) is 0 Å². The summed E-state index contributed by atoms with van der Waals surface area (Å²) in [5, 5.41) is 4.14. The third-order valence-corrected chi connectivity index (χ3v) is 3.53. The third kappa shape index (κ3) is 2.11. The second kappa shape index (κ2) is 4.16. The Hall–Kier alpha value is -1.13. The largest absolute Gasteiger partial charge is 0.459 e. The van der Waals surface area contributed by atoms with Crippen LogP contribution in [0, 0.1) is 6.92 Å². The fraction of sp³-hybridized carbons (Fsp3) is 0.364. The Labute approximate surface area is 93.2 Å². The summed E-state index contributed by atoms with van der Waals surface area (Å²) in [5.41, 5.74) is 0. The zero-order valence-corrected chi connectivity index (χ0v) is 9.89. The molecule has 4 heteroatoms. The monoisotopic (exact) mass is 222 g/mol. The summed E-state index contributed by atoms with van der Waals surface area (Å²) in [6.45, 7) is 4.05. The Morgan fingerprint density at radius 2 is 2.27 bits per heavy atom. The highest BCUT2D eigenvalue weighted by Crippen LogP contribution is 2.29. The van der Waals surface area contributed by atoms with E-state index in [1.807, 2.05) is 32.3 Å². The van der Waals surface area contributed by atoms with Crippen LogP contribution in [-0.4, -0.2) is 12.0 Å². The minimum Gasteiger partial charge on any atom is -0.459 e. The number of aromatic nitrogens is 1. The first-order valence-electron chi connectivity index (χ1n) is 4.90. The van der Waals surface area contributed by atoms with Crippen molar-refractivity contribution in [3.05, 3.63) is 29.0 Å². The predicted molar refractivity (Wildman–Crippen MR) is 62.0 cm³/mol. The number of aryl methyl sites for hydroxylation is 1. The number of furan rings is 1. The molecule has 0 radical (unpaired) electrons. The smallest absolute Gasteiger partial charge is 0.162 e. The Morgan fingerprint density at radius 3 is 2.87 bits per heavy atom. The number of hydrogen-bond acceptors (Lipinski definition) is 4. The summed E-state index contributed by atoms with van der Waals surface area (Å²) >= 11 is 1.66. The maximum atomic E-state index is 5.52. The second-order valence-electron chi connectivity index (χ2n) is 3.49. The van der Waals surface area contributed by atoms with Gasteiger partial charge in [0.1, 0.15) is 5.76 Å². The quantitative estimate of drug-likeness (QED) is 0.867. The van der Waals surface area contributed by atoms with Crippen LogP contribution in [0.1, 0.15) is 23.6 Å². The first kappa shape index (κ1) is 10.4. The van der Waals surface area contributed by atoms with Crippen molar-refractivity contribution in [1.82, 2.24) is 10.3 Å². The molecule has 0 fully saturated rings. The lowest BCUT2D eigenvalue weighted by atomic mass is 10.3. The van der Waals surface area contributed by atoms with Crippen LogP contribution in [0.2, 0.25) is 0 Å². The van der Waals surface area contributed by atoms with Crippen LogP contribution in [-0.2, 0) is 0 Å². The minimum absolute atomic E-state index is 0.340. The Bertz CT molecular complexity index is 447. The lowest BCUT2D eigenvalue weighted by Gasteiger charge is -2.04. The maximum Gasteiger partial charge on any atom is 0.162 e. The molecule has 0 spiro atoms. The molecule has 0 saturated carbocycles. The number of rotatable bonds is 3. The number of nitrogens with zero attached hydrogens (tertiary/aromatic N) is 1. The summed E-state index contributed by atoms with van der Waals surface area (Å²) in [6.07, 6.45) is 1.90. The van der Waals surface area contributed by atoms with Crippen LogP contribution in [0.25, 0.3) is 10.8 Å². The van der Waals surface area contributed by atoms with E-state index in [-0.39, 0.29) is 0 Å². The van der Waals surface area contributed by atoms with Crippen LogP contribution in [0.3, 0.4) is 0 Å². The zero-order valence-electron chi connectivity index (χ0n) is 9.07. The van der Waals surface area contributed by atoms with Crippen LogP contribution >= 0.6 is 11.3 Å².